The molecule has 3 N–H and O–H groups in total. The molecule has 0 aliphatic heterocycles. The van der Waals surface area contributed by atoms with Gasteiger partial charge in [-0.25, -0.2) is 0 Å². The molecule has 0 unspecified atom stereocenters. The molecule has 1 heterocycles. The number of primary amides is 1. The van der Waals surface area contributed by atoms with Crippen molar-refractivity contribution in [2.45, 2.75) is 25.3 Å². The summed E-state index contributed by atoms with van der Waals surface area (Å²) in [5.74, 6) is 1.17. The largest absolute Gasteiger partial charge is 0.378 e. The molecule has 0 spiro atoms. The zero-order chi connectivity index (χ0) is 14.1. The summed E-state index contributed by atoms with van der Waals surface area (Å²) in [6, 6.07) is 4.99. The first-order chi connectivity index (χ1) is 9.63. The van der Waals surface area contributed by atoms with Crippen LogP contribution in [0.2, 0.25) is 5.02 Å². The minimum Gasteiger partial charge on any atom is -0.378 e. The van der Waals surface area contributed by atoms with Gasteiger partial charge in [-0.05, 0) is 31.0 Å². The number of aromatic nitrogens is 2. The zero-order valence-corrected chi connectivity index (χ0v) is 11.4. The fraction of sp³-hybridized carbons (Fsp3) is 0.308. The summed E-state index contributed by atoms with van der Waals surface area (Å²) in [5.41, 5.74) is 6.25. The molecule has 3 rings (SSSR count). The van der Waals surface area contributed by atoms with Gasteiger partial charge >= 0.3 is 0 Å². The highest BCUT2D eigenvalue weighted by molar-refractivity contribution is 6.33. The van der Waals surface area contributed by atoms with Crippen LogP contribution in [0.25, 0.3) is 0 Å². The molecule has 1 fully saturated rings. The van der Waals surface area contributed by atoms with Gasteiger partial charge < -0.3 is 15.6 Å². The van der Waals surface area contributed by atoms with Gasteiger partial charge in [0.15, 0.2) is 5.82 Å². The van der Waals surface area contributed by atoms with Crippen LogP contribution < -0.4 is 11.1 Å². The van der Waals surface area contributed by atoms with Crippen LogP contribution in [0, 0.1) is 0 Å². The third kappa shape index (κ3) is 2.75. The number of carbonyl (C=O) groups is 1. The maximum Gasteiger partial charge on any atom is 0.250 e. The SMILES string of the molecule is NC(=O)c1cc(NCc2noc(C3CC3)n2)ccc1Cl. The van der Waals surface area contributed by atoms with Crippen molar-refractivity contribution in [3.8, 4) is 0 Å². The standard InChI is InChI=1S/C13H13ClN4O2/c14-10-4-3-8(5-9(10)12(15)19)16-6-11-17-13(20-18-11)7-1-2-7/h3-5,7,16H,1-2,6H2,(H2,15,19). The summed E-state index contributed by atoms with van der Waals surface area (Å²) in [4.78, 5) is 15.5. The number of anilines is 1. The number of hydrogen-bond donors (Lipinski definition) is 2. The number of hydrogen-bond acceptors (Lipinski definition) is 5. The minimum atomic E-state index is -0.561. The van der Waals surface area contributed by atoms with Crippen molar-refractivity contribution in [2.75, 3.05) is 5.32 Å². The first-order valence-electron chi connectivity index (χ1n) is 6.29. The molecule has 6 nitrogen and oxygen atoms in total. The third-order valence-corrected chi connectivity index (χ3v) is 3.42. The molecular weight excluding hydrogens is 280 g/mol. The van der Waals surface area contributed by atoms with Crippen molar-refractivity contribution in [2.24, 2.45) is 5.73 Å². The second kappa shape index (κ2) is 5.13. The molecule has 0 atom stereocenters. The maximum absolute atomic E-state index is 11.2. The van der Waals surface area contributed by atoms with Gasteiger partial charge in [-0.3, -0.25) is 4.79 Å². The predicted octanol–water partition coefficient (Wildman–Crippen LogP) is 2.31. The summed E-state index contributed by atoms with van der Waals surface area (Å²) >= 11 is 5.89. The molecule has 1 aromatic heterocycles. The minimum absolute atomic E-state index is 0.281. The van der Waals surface area contributed by atoms with E-state index in [0.29, 0.717) is 29.2 Å². The fourth-order valence-electron chi connectivity index (χ4n) is 1.84. The van der Waals surface area contributed by atoms with Crippen molar-refractivity contribution >= 4 is 23.2 Å². The number of nitrogens with two attached hydrogens (primary N) is 1. The number of benzene rings is 1. The van der Waals surface area contributed by atoms with Crippen LogP contribution in [0.1, 0.15) is 40.8 Å². The van der Waals surface area contributed by atoms with E-state index in [1.165, 1.54) is 0 Å². The molecule has 1 aromatic carbocycles. The van der Waals surface area contributed by atoms with Crippen molar-refractivity contribution in [1.82, 2.24) is 10.1 Å². The average Bonchev–Trinajstić information content (AvgIpc) is 3.17. The van der Waals surface area contributed by atoms with Gasteiger partial charge in [0, 0.05) is 11.6 Å². The molecule has 0 bridgehead atoms. The van der Waals surface area contributed by atoms with Crippen LogP contribution in [0.3, 0.4) is 0 Å². The monoisotopic (exact) mass is 292 g/mol. The Kier molecular flexibility index (Phi) is 3.31. The van der Waals surface area contributed by atoms with Crippen molar-refractivity contribution in [1.29, 1.82) is 0 Å². The lowest BCUT2D eigenvalue weighted by Crippen LogP contribution is -2.12. The van der Waals surface area contributed by atoms with E-state index in [-0.39, 0.29) is 5.56 Å². The van der Waals surface area contributed by atoms with Gasteiger partial charge in [0.25, 0.3) is 0 Å². The summed E-state index contributed by atoms with van der Waals surface area (Å²) in [5, 5.41) is 7.34. The lowest BCUT2D eigenvalue weighted by Gasteiger charge is -2.06. The number of carbonyl (C=O) groups excluding carboxylic acids is 1. The van der Waals surface area contributed by atoms with Crippen LogP contribution in [-0.2, 0) is 6.54 Å². The summed E-state index contributed by atoms with van der Waals surface area (Å²) in [6.45, 7) is 0.413. The highest BCUT2D eigenvalue weighted by atomic mass is 35.5. The highest BCUT2D eigenvalue weighted by Gasteiger charge is 2.29. The highest BCUT2D eigenvalue weighted by Crippen LogP contribution is 2.38. The lowest BCUT2D eigenvalue weighted by molar-refractivity contribution is 0.100. The topological polar surface area (TPSA) is 94.0 Å². The first-order valence-corrected chi connectivity index (χ1v) is 6.67. The van der Waals surface area contributed by atoms with Gasteiger partial charge in [-0.1, -0.05) is 16.8 Å². The van der Waals surface area contributed by atoms with Crippen LogP contribution >= 0.6 is 11.6 Å². The summed E-state index contributed by atoms with van der Waals surface area (Å²) in [7, 11) is 0. The maximum atomic E-state index is 11.2. The van der Waals surface area contributed by atoms with Crippen molar-refractivity contribution in [3.63, 3.8) is 0 Å². The predicted molar refractivity (Wildman–Crippen MR) is 73.6 cm³/mol. The molecule has 1 aliphatic rings. The third-order valence-electron chi connectivity index (χ3n) is 3.09. The van der Waals surface area contributed by atoms with Crippen LogP contribution in [0.15, 0.2) is 22.7 Å². The van der Waals surface area contributed by atoms with Gasteiger partial charge in [0.2, 0.25) is 11.8 Å². The van der Waals surface area contributed by atoms with Gasteiger partial charge in [-0.15, -0.1) is 0 Å². The van der Waals surface area contributed by atoms with E-state index in [4.69, 9.17) is 21.9 Å². The van der Waals surface area contributed by atoms with Gasteiger partial charge in [-0.2, -0.15) is 4.98 Å². The van der Waals surface area contributed by atoms with Crippen LogP contribution in [-0.4, -0.2) is 16.0 Å². The Bertz CT molecular complexity index is 652. The first kappa shape index (κ1) is 12.9. The fourth-order valence-corrected chi connectivity index (χ4v) is 2.05. The second-order valence-corrected chi connectivity index (χ2v) is 5.14. The lowest BCUT2D eigenvalue weighted by atomic mass is 10.2. The van der Waals surface area contributed by atoms with E-state index in [0.717, 1.165) is 18.5 Å². The number of nitrogens with one attached hydrogen (secondary N) is 1. The van der Waals surface area contributed by atoms with E-state index < -0.39 is 5.91 Å². The number of amides is 1. The number of halogens is 1. The number of rotatable bonds is 5. The van der Waals surface area contributed by atoms with Crippen molar-refractivity contribution < 1.29 is 9.32 Å². The Morgan fingerprint density at radius 1 is 1.50 bits per heavy atom. The molecule has 1 aliphatic carbocycles. The van der Waals surface area contributed by atoms with E-state index in [9.17, 15) is 4.79 Å². The van der Waals surface area contributed by atoms with Crippen LogP contribution in [0.4, 0.5) is 5.69 Å². The second-order valence-electron chi connectivity index (χ2n) is 4.74. The number of nitrogens with zero attached hydrogens (tertiary/aromatic N) is 2. The van der Waals surface area contributed by atoms with Gasteiger partial charge in [0.1, 0.15) is 0 Å². The molecule has 20 heavy (non-hydrogen) atoms. The summed E-state index contributed by atoms with van der Waals surface area (Å²) < 4.78 is 5.16. The Balaban J connectivity index is 1.67. The molecule has 104 valence electrons. The zero-order valence-electron chi connectivity index (χ0n) is 10.6. The van der Waals surface area contributed by atoms with E-state index in [1.807, 2.05) is 0 Å². The molecule has 1 saturated carbocycles. The molecule has 2 aromatic rings. The molecular formula is C13H13ClN4O2. The Hall–Kier alpha value is -2.08. The quantitative estimate of drug-likeness (QED) is 0.882. The van der Waals surface area contributed by atoms with Crippen LogP contribution in [0.5, 0.6) is 0 Å². The Morgan fingerprint density at radius 3 is 3.00 bits per heavy atom. The summed E-state index contributed by atoms with van der Waals surface area (Å²) in [6.07, 6.45) is 2.24. The smallest absolute Gasteiger partial charge is 0.250 e. The normalized spacial score (nSPS) is 14.2. The Morgan fingerprint density at radius 2 is 2.30 bits per heavy atom. The van der Waals surface area contributed by atoms with Gasteiger partial charge in [0.05, 0.1) is 17.1 Å². The molecule has 0 saturated heterocycles. The Labute approximate surface area is 120 Å². The van der Waals surface area contributed by atoms with E-state index >= 15 is 0 Å². The van der Waals surface area contributed by atoms with E-state index in [2.05, 4.69) is 15.5 Å². The molecule has 1 amide bonds. The average molecular weight is 293 g/mol. The van der Waals surface area contributed by atoms with E-state index in [1.54, 1.807) is 18.2 Å². The molecule has 0 radical (unpaired) electrons. The van der Waals surface area contributed by atoms with Crippen molar-refractivity contribution in [3.05, 3.63) is 40.5 Å². The molecule has 7 heteroatoms.